The van der Waals surface area contributed by atoms with Crippen LogP contribution in [0.25, 0.3) is 0 Å². The Morgan fingerprint density at radius 2 is 1.87 bits per heavy atom. The van der Waals surface area contributed by atoms with Crippen molar-refractivity contribution >= 4 is 17.6 Å². The molecule has 0 saturated carbocycles. The maximum atomic E-state index is 12.5. The van der Waals surface area contributed by atoms with Gasteiger partial charge in [-0.2, -0.15) is 0 Å². The number of esters is 1. The molecule has 0 heterocycles. The number of benzene rings is 1. The first kappa shape index (κ1) is 19.0. The van der Waals surface area contributed by atoms with Gasteiger partial charge in [-0.1, -0.05) is 13.8 Å². The van der Waals surface area contributed by atoms with E-state index < -0.39 is 11.6 Å². The first-order valence-electron chi connectivity index (χ1n) is 7.40. The van der Waals surface area contributed by atoms with Crippen LogP contribution in [0.3, 0.4) is 0 Å². The molecule has 1 amide bonds. The van der Waals surface area contributed by atoms with Gasteiger partial charge in [-0.25, -0.2) is 4.79 Å². The summed E-state index contributed by atoms with van der Waals surface area (Å²) < 4.78 is 15.3. The Kier molecular flexibility index (Phi) is 6.57. The van der Waals surface area contributed by atoms with Crippen LogP contribution in [0.2, 0.25) is 0 Å². The van der Waals surface area contributed by atoms with Crippen molar-refractivity contribution < 1.29 is 23.8 Å². The second-order valence-electron chi connectivity index (χ2n) is 5.89. The van der Waals surface area contributed by atoms with Crippen molar-refractivity contribution in [3.05, 3.63) is 23.8 Å². The van der Waals surface area contributed by atoms with Crippen LogP contribution in [0, 0.1) is 5.92 Å². The van der Waals surface area contributed by atoms with E-state index in [0.717, 1.165) is 0 Å². The Hall–Kier alpha value is -2.08. The monoisotopic (exact) mass is 323 g/mol. The fourth-order valence-corrected chi connectivity index (χ4v) is 2.37. The maximum absolute atomic E-state index is 12.5. The lowest BCUT2D eigenvalue weighted by Crippen LogP contribution is -2.43. The first-order chi connectivity index (χ1) is 10.8. The van der Waals surface area contributed by atoms with Crippen molar-refractivity contribution in [3.63, 3.8) is 0 Å². The lowest BCUT2D eigenvalue weighted by Gasteiger charge is -2.28. The molecule has 6 heteroatoms. The molecule has 23 heavy (non-hydrogen) atoms. The van der Waals surface area contributed by atoms with Gasteiger partial charge >= 0.3 is 5.97 Å². The maximum Gasteiger partial charge on any atom is 0.341 e. The fourth-order valence-electron chi connectivity index (χ4n) is 2.37. The van der Waals surface area contributed by atoms with Gasteiger partial charge in [0.05, 0.1) is 14.2 Å². The summed E-state index contributed by atoms with van der Waals surface area (Å²) >= 11 is 0. The molecule has 0 aliphatic rings. The molecule has 1 aromatic rings. The van der Waals surface area contributed by atoms with Crippen molar-refractivity contribution in [2.45, 2.75) is 32.8 Å². The molecule has 1 atom stereocenters. The van der Waals surface area contributed by atoms with Gasteiger partial charge in [-0.3, -0.25) is 4.79 Å². The molecule has 0 bridgehead atoms. The van der Waals surface area contributed by atoms with Crippen molar-refractivity contribution in [1.29, 1.82) is 0 Å². The Labute approximate surface area is 137 Å². The number of amides is 1. The van der Waals surface area contributed by atoms with E-state index in [-0.39, 0.29) is 11.5 Å². The van der Waals surface area contributed by atoms with Crippen LogP contribution in [0.5, 0.6) is 5.75 Å². The van der Waals surface area contributed by atoms with Gasteiger partial charge in [0.2, 0.25) is 0 Å². The van der Waals surface area contributed by atoms with Gasteiger partial charge in [0.25, 0.3) is 5.91 Å². The predicted octanol–water partition coefficient (Wildman–Crippen LogP) is 2.87. The average Bonchev–Trinajstić information content (AvgIpc) is 2.53. The van der Waals surface area contributed by atoms with E-state index >= 15 is 0 Å². The van der Waals surface area contributed by atoms with E-state index in [4.69, 9.17) is 14.2 Å². The SMILES string of the molecule is COC(=O)c1cc(NC(=O)C(C)(CC(C)C)OC)ccc1OC. The highest BCUT2D eigenvalue weighted by Gasteiger charge is 2.34. The van der Waals surface area contributed by atoms with E-state index in [1.165, 1.54) is 27.4 Å². The third-order valence-electron chi connectivity index (χ3n) is 3.59. The minimum atomic E-state index is -0.945. The summed E-state index contributed by atoms with van der Waals surface area (Å²) in [6.07, 6.45) is 0.579. The molecule has 0 aliphatic carbocycles. The van der Waals surface area contributed by atoms with Gasteiger partial charge < -0.3 is 19.5 Å². The number of rotatable bonds is 7. The minimum Gasteiger partial charge on any atom is -0.496 e. The standard InChI is InChI=1S/C17H25NO5/c1-11(2)10-17(3,23-6)16(20)18-12-7-8-14(21-4)13(9-12)15(19)22-5/h7-9,11H,10H2,1-6H3,(H,18,20). The molecule has 0 radical (unpaired) electrons. The van der Waals surface area contributed by atoms with Crippen LogP contribution in [-0.2, 0) is 14.3 Å². The smallest absolute Gasteiger partial charge is 0.341 e. The zero-order valence-electron chi connectivity index (χ0n) is 14.6. The number of carbonyl (C=O) groups is 2. The highest BCUT2D eigenvalue weighted by Crippen LogP contribution is 2.26. The number of ether oxygens (including phenoxy) is 3. The van der Waals surface area contributed by atoms with Gasteiger partial charge in [-0.05, 0) is 37.5 Å². The first-order valence-corrected chi connectivity index (χ1v) is 7.40. The van der Waals surface area contributed by atoms with Crippen LogP contribution < -0.4 is 10.1 Å². The Morgan fingerprint density at radius 3 is 2.35 bits per heavy atom. The number of hydrogen-bond acceptors (Lipinski definition) is 5. The Bertz CT molecular complexity index is 570. The minimum absolute atomic E-state index is 0.246. The van der Waals surface area contributed by atoms with E-state index in [2.05, 4.69) is 5.32 Å². The Morgan fingerprint density at radius 1 is 1.22 bits per heavy atom. The summed E-state index contributed by atoms with van der Waals surface area (Å²) in [6, 6.07) is 4.79. The molecule has 1 unspecified atom stereocenters. The number of carbonyl (C=O) groups excluding carboxylic acids is 2. The van der Waals surface area contributed by atoms with Gasteiger partial charge in [0, 0.05) is 12.8 Å². The third kappa shape index (κ3) is 4.69. The summed E-state index contributed by atoms with van der Waals surface area (Å²) in [6.45, 7) is 5.79. The van der Waals surface area contributed by atoms with Crippen molar-refractivity contribution in [3.8, 4) is 5.75 Å². The second-order valence-corrected chi connectivity index (χ2v) is 5.89. The summed E-state index contributed by atoms with van der Waals surface area (Å²) in [5.74, 6) is -0.122. The number of methoxy groups -OCH3 is 3. The fraction of sp³-hybridized carbons (Fsp3) is 0.529. The normalized spacial score (nSPS) is 13.3. The molecule has 0 aliphatic heterocycles. The lowest BCUT2D eigenvalue weighted by molar-refractivity contribution is -0.137. The summed E-state index contributed by atoms with van der Waals surface area (Å²) in [4.78, 5) is 24.3. The zero-order chi connectivity index (χ0) is 17.6. The quantitative estimate of drug-likeness (QED) is 0.781. The van der Waals surface area contributed by atoms with E-state index in [0.29, 0.717) is 23.8 Å². The second kappa shape index (κ2) is 7.97. The average molecular weight is 323 g/mol. The molecule has 1 aromatic carbocycles. The van der Waals surface area contributed by atoms with Crippen LogP contribution in [0.4, 0.5) is 5.69 Å². The van der Waals surface area contributed by atoms with Crippen molar-refractivity contribution in [2.24, 2.45) is 5.92 Å². The summed E-state index contributed by atoms with van der Waals surface area (Å²) in [7, 11) is 4.26. The zero-order valence-corrected chi connectivity index (χ0v) is 14.6. The Balaban J connectivity index is 3.04. The highest BCUT2D eigenvalue weighted by atomic mass is 16.5. The molecule has 0 aromatic heterocycles. The van der Waals surface area contributed by atoms with Crippen LogP contribution >= 0.6 is 0 Å². The van der Waals surface area contributed by atoms with Crippen LogP contribution in [0.15, 0.2) is 18.2 Å². The van der Waals surface area contributed by atoms with Crippen LogP contribution in [-0.4, -0.2) is 38.8 Å². The molecular formula is C17H25NO5. The summed E-state index contributed by atoms with van der Waals surface area (Å²) in [5, 5.41) is 2.78. The third-order valence-corrected chi connectivity index (χ3v) is 3.59. The number of nitrogens with one attached hydrogen (secondary N) is 1. The molecular weight excluding hydrogens is 298 g/mol. The molecule has 128 valence electrons. The molecule has 1 rings (SSSR count). The molecule has 1 N–H and O–H groups in total. The largest absolute Gasteiger partial charge is 0.496 e. The van der Waals surface area contributed by atoms with Gasteiger partial charge in [-0.15, -0.1) is 0 Å². The molecule has 0 fully saturated rings. The van der Waals surface area contributed by atoms with Crippen molar-refractivity contribution in [1.82, 2.24) is 0 Å². The van der Waals surface area contributed by atoms with Gasteiger partial charge in [0.15, 0.2) is 0 Å². The van der Waals surface area contributed by atoms with E-state index in [1.54, 1.807) is 19.1 Å². The highest BCUT2D eigenvalue weighted by molar-refractivity contribution is 5.99. The van der Waals surface area contributed by atoms with Crippen molar-refractivity contribution in [2.75, 3.05) is 26.6 Å². The molecule has 0 saturated heterocycles. The molecule has 6 nitrogen and oxygen atoms in total. The number of hydrogen-bond donors (Lipinski definition) is 1. The number of anilines is 1. The van der Waals surface area contributed by atoms with Crippen LogP contribution in [0.1, 0.15) is 37.6 Å². The lowest BCUT2D eigenvalue weighted by atomic mass is 9.93. The topological polar surface area (TPSA) is 73.9 Å². The predicted molar refractivity (Wildman–Crippen MR) is 87.8 cm³/mol. The summed E-state index contributed by atoms with van der Waals surface area (Å²) in [5.41, 5.74) is -0.224. The van der Waals surface area contributed by atoms with E-state index in [1.807, 2.05) is 13.8 Å². The molecule has 0 spiro atoms. The van der Waals surface area contributed by atoms with Gasteiger partial charge in [0.1, 0.15) is 16.9 Å². The van der Waals surface area contributed by atoms with E-state index in [9.17, 15) is 9.59 Å².